The molecule has 1 aliphatic heterocycles. The molecule has 0 atom stereocenters. The first kappa shape index (κ1) is 17.4. The second-order valence-corrected chi connectivity index (χ2v) is 7.35. The number of benzene rings is 1. The van der Waals surface area contributed by atoms with Crippen LogP contribution in [0.1, 0.15) is 23.7 Å². The number of hydrogen-bond donors (Lipinski definition) is 0. The minimum absolute atomic E-state index is 0.644. The van der Waals surface area contributed by atoms with Crippen LogP contribution in [0.3, 0.4) is 0 Å². The average molecular weight is 370 g/mol. The third kappa shape index (κ3) is 3.31. The van der Waals surface area contributed by atoms with Crippen molar-refractivity contribution < 1.29 is 4.74 Å². The van der Waals surface area contributed by atoms with Crippen LogP contribution in [0.15, 0.2) is 36.5 Å². The van der Waals surface area contributed by atoms with Gasteiger partial charge in [-0.25, -0.2) is 4.98 Å². The van der Waals surface area contributed by atoms with Crippen LogP contribution in [-0.2, 0) is 25.9 Å². The Balaban J connectivity index is 1.64. The van der Waals surface area contributed by atoms with Gasteiger partial charge in [-0.15, -0.1) is 0 Å². The van der Waals surface area contributed by atoms with Gasteiger partial charge in [0.1, 0.15) is 0 Å². The standard InChI is InChI=1S/C21H24ClN3O/c1-3-26-21-7-4-15(13-23-21)8-11-25-19-6-5-16(22)12-17(19)18-14-24(2)10-9-20(18)25/h4-7,12-13H,3,8-11,14H2,1-2H3. The lowest BCUT2D eigenvalue weighted by molar-refractivity contribution is 0.309. The monoisotopic (exact) mass is 369 g/mol. The maximum absolute atomic E-state index is 6.28. The van der Waals surface area contributed by atoms with Crippen molar-refractivity contribution in [3.05, 3.63) is 58.4 Å². The minimum atomic E-state index is 0.644. The number of rotatable bonds is 5. The first-order valence-electron chi connectivity index (χ1n) is 9.21. The molecule has 3 heterocycles. The summed E-state index contributed by atoms with van der Waals surface area (Å²) in [6, 6.07) is 10.3. The number of nitrogens with zero attached hydrogens (tertiary/aromatic N) is 3. The van der Waals surface area contributed by atoms with E-state index < -0.39 is 0 Å². The smallest absolute Gasteiger partial charge is 0.213 e. The van der Waals surface area contributed by atoms with Crippen LogP contribution in [-0.4, -0.2) is 34.7 Å². The van der Waals surface area contributed by atoms with Crippen molar-refractivity contribution in [3.8, 4) is 5.88 Å². The molecule has 0 amide bonds. The fourth-order valence-corrected chi connectivity index (χ4v) is 4.02. The van der Waals surface area contributed by atoms with Crippen LogP contribution < -0.4 is 4.74 Å². The fourth-order valence-electron chi connectivity index (χ4n) is 3.85. The Morgan fingerprint density at radius 2 is 2.12 bits per heavy atom. The van der Waals surface area contributed by atoms with Gasteiger partial charge in [-0.3, -0.25) is 0 Å². The minimum Gasteiger partial charge on any atom is -0.478 e. The Morgan fingerprint density at radius 3 is 2.88 bits per heavy atom. The highest BCUT2D eigenvalue weighted by atomic mass is 35.5. The molecule has 26 heavy (non-hydrogen) atoms. The van der Waals surface area contributed by atoms with E-state index in [0.717, 1.165) is 37.5 Å². The summed E-state index contributed by atoms with van der Waals surface area (Å²) in [6.45, 7) is 5.66. The summed E-state index contributed by atoms with van der Waals surface area (Å²) < 4.78 is 7.91. The zero-order chi connectivity index (χ0) is 18.1. The van der Waals surface area contributed by atoms with Gasteiger partial charge in [0.15, 0.2) is 0 Å². The quantitative estimate of drug-likeness (QED) is 0.671. The van der Waals surface area contributed by atoms with Gasteiger partial charge < -0.3 is 14.2 Å². The van der Waals surface area contributed by atoms with Crippen LogP contribution in [0.4, 0.5) is 0 Å². The van der Waals surface area contributed by atoms with Gasteiger partial charge in [-0.1, -0.05) is 17.7 Å². The molecule has 1 aliphatic rings. The molecular formula is C21H24ClN3O. The van der Waals surface area contributed by atoms with E-state index in [0.29, 0.717) is 12.5 Å². The molecule has 136 valence electrons. The molecule has 0 fully saturated rings. The molecule has 5 heteroatoms. The number of aromatic nitrogens is 2. The summed E-state index contributed by atoms with van der Waals surface area (Å²) in [5.41, 5.74) is 5.40. The van der Waals surface area contributed by atoms with Crippen molar-refractivity contribution in [1.29, 1.82) is 0 Å². The van der Waals surface area contributed by atoms with Crippen LogP contribution >= 0.6 is 11.6 Å². The maximum Gasteiger partial charge on any atom is 0.213 e. The van der Waals surface area contributed by atoms with Crippen LogP contribution in [0.5, 0.6) is 5.88 Å². The molecule has 0 spiro atoms. The molecule has 3 aromatic rings. The lowest BCUT2D eigenvalue weighted by Gasteiger charge is -2.24. The summed E-state index contributed by atoms with van der Waals surface area (Å²) in [7, 11) is 2.18. The molecule has 0 aliphatic carbocycles. The van der Waals surface area contributed by atoms with E-state index >= 15 is 0 Å². The Morgan fingerprint density at radius 1 is 1.23 bits per heavy atom. The van der Waals surface area contributed by atoms with Gasteiger partial charge in [0.25, 0.3) is 0 Å². The van der Waals surface area contributed by atoms with Crippen molar-refractivity contribution in [2.75, 3.05) is 20.2 Å². The summed E-state index contributed by atoms with van der Waals surface area (Å²) in [5, 5.41) is 2.10. The van der Waals surface area contributed by atoms with Gasteiger partial charge in [-0.2, -0.15) is 0 Å². The summed E-state index contributed by atoms with van der Waals surface area (Å²) in [4.78, 5) is 6.76. The largest absolute Gasteiger partial charge is 0.478 e. The molecule has 0 unspecified atom stereocenters. The fraction of sp³-hybridized carbons (Fsp3) is 0.381. The normalized spacial score (nSPS) is 14.6. The average Bonchev–Trinajstić information content (AvgIpc) is 2.94. The lowest BCUT2D eigenvalue weighted by Crippen LogP contribution is -2.27. The summed E-state index contributed by atoms with van der Waals surface area (Å²) in [5.74, 6) is 0.692. The number of ether oxygens (including phenoxy) is 1. The second kappa shape index (κ2) is 7.29. The van der Waals surface area contributed by atoms with E-state index in [1.807, 2.05) is 25.3 Å². The van der Waals surface area contributed by atoms with E-state index in [1.165, 1.54) is 27.7 Å². The number of aryl methyl sites for hydroxylation is 2. The van der Waals surface area contributed by atoms with Gasteiger partial charge in [0, 0.05) is 59.9 Å². The van der Waals surface area contributed by atoms with E-state index in [1.54, 1.807) is 0 Å². The number of halogens is 1. The topological polar surface area (TPSA) is 30.3 Å². The van der Waals surface area contributed by atoms with E-state index in [-0.39, 0.29) is 0 Å². The van der Waals surface area contributed by atoms with E-state index in [4.69, 9.17) is 16.3 Å². The molecule has 4 nitrogen and oxygen atoms in total. The molecule has 0 radical (unpaired) electrons. The molecule has 0 bridgehead atoms. The van der Waals surface area contributed by atoms with Crippen LogP contribution in [0, 0.1) is 0 Å². The zero-order valence-electron chi connectivity index (χ0n) is 15.3. The SMILES string of the molecule is CCOc1ccc(CCn2c3c(c4cc(Cl)ccc42)CN(C)CC3)cn1. The van der Waals surface area contributed by atoms with Gasteiger partial charge in [-0.05, 0) is 49.7 Å². The predicted octanol–water partition coefficient (Wildman–Crippen LogP) is 4.32. The molecular weight excluding hydrogens is 346 g/mol. The van der Waals surface area contributed by atoms with Crippen molar-refractivity contribution in [1.82, 2.24) is 14.5 Å². The highest BCUT2D eigenvalue weighted by Gasteiger charge is 2.22. The molecule has 2 aromatic heterocycles. The highest BCUT2D eigenvalue weighted by Crippen LogP contribution is 2.32. The van der Waals surface area contributed by atoms with Gasteiger partial charge >= 0.3 is 0 Å². The number of hydrogen-bond acceptors (Lipinski definition) is 3. The van der Waals surface area contributed by atoms with Crippen molar-refractivity contribution in [3.63, 3.8) is 0 Å². The van der Waals surface area contributed by atoms with Crippen molar-refractivity contribution >= 4 is 22.5 Å². The number of likely N-dealkylation sites (N-methyl/N-ethyl adjacent to an activating group) is 1. The zero-order valence-corrected chi connectivity index (χ0v) is 16.1. The van der Waals surface area contributed by atoms with Crippen LogP contribution in [0.2, 0.25) is 5.02 Å². The number of pyridine rings is 1. The third-order valence-corrected chi connectivity index (χ3v) is 5.36. The molecule has 1 aromatic carbocycles. The summed E-state index contributed by atoms with van der Waals surface area (Å²) >= 11 is 6.28. The third-order valence-electron chi connectivity index (χ3n) is 5.12. The highest BCUT2D eigenvalue weighted by molar-refractivity contribution is 6.31. The Hall–Kier alpha value is -2.04. The lowest BCUT2D eigenvalue weighted by atomic mass is 10.1. The number of fused-ring (bicyclic) bond motifs is 3. The van der Waals surface area contributed by atoms with E-state index in [9.17, 15) is 0 Å². The second-order valence-electron chi connectivity index (χ2n) is 6.91. The summed E-state index contributed by atoms with van der Waals surface area (Å²) in [6.07, 6.45) is 3.96. The van der Waals surface area contributed by atoms with Crippen molar-refractivity contribution in [2.45, 2.75) is 32.9 Å². The molecule has 0 N–H and O–H groups in total. The maximum atomic E-state index is 6.28. The van der Waals surface area contributed by atoms with Crippen LogP contribution in [0.25, 0.3) is 10.9 Å². The Bertz CT molecular complexity index is 917. The Kier molecular flexibility index (Phi) is 4.88. The molecule has 0 saturated carbocycles. The molecule has 0 saturated heterocycles. The first-order valence-corrected chi connectivity index (χ1v) is 9.59. The molecule has 4 rings (SSSR count). The predicted molar refractivity (Wildman–Crippen MR) is 106 cm³/mol. The van der Waals surface area contributed by atoms with E-state index in [2.05, 4.69) is 39.7 Å². The van der Waals surface area contributed by atoms with Gasteiger partial charge in [0.2, 0.25) is 5.88 Å². The Labute approximate surface area is 159 Å². The van der Waals surface area contributed by atoms with Crippen molar-refractivity contribution in [2.24, 2.45) is 0 Å². The first-order chi connectivity index (χ1) is 12.7. The van der Waals surface area contributed by atoms with Gasteiger partial charge in [0.05, 0.1) is 6.61 Å².